The summed E-state index contributed by atoms with van der Waals surface area (Å²) in [7, 11) is 0. The summed E-state index contributed by atoms with van der Waals surface area (Å²) < 4.78 is 1.66. The van der Waals surface area contributed by atoms with Crippen LogP contribution in [0.15, 0.2) is 42.6 Å². The van der Waals surface area contributed by atoms with E-state index in [0.29, 0.717) is 10.8 Å². The summed E-state index contributed by atoms with van der Waals surface area (Å²) in [5.41, 5.74) is 2.24. The number of carbonyl (C=O) groups excluding carboxylic acids is 1. The maximum absolute atomic E-state index is 11.5. The molecule has 1 fully saturated rings. The maximum atomic E-state index is 11.5. The molecule has 1 saturated heterocycles. The van der Waals surface area contributed by atoms with Gasteiger partial charge in [-0.05, 0) is 36.0 Å². The predicted molar refractivity (Wildman–Crippen MR) is 76.8 cm³/mol. The van der Waals surface area contributed by atoms with Gasteiger partial charge in [-0.25, -0.2) is 9.67 Å². The molecule has 20 heavy (non-hydrogen) atoms. The molecule has 8 heteroatoms. The van der Waals surface area contributed by atoms with Gasteiger partial charge in [0.25, 0.3) is 5.91 Å². The number of rotatable bonds is 2. The molecule has 4 N–H and O–H groups in total. The van der Waals surface area contributed by atoms with E-state index in [4.69, 9.17) is 12.2 Å². The van der Waals surface area contributed by atoms with Crippen molar-refractivity contribution >= 4 is 29.3 Å². The average molecular weight is 289 g/mol. The average Bonchev–Trinajstić information content (AvgIpc) is 3.01. The molecule has 0 aliphatic carbocycles. The second-order valence-electron chi connectivity index (χ2n) is 3.90. The van der Waals surface area contributed by atoms with Crippen molar-refractivity contribution in [2.24, 2.45) is 0 Å². The van der Waals surface area contributed by atoms with E-state index < -0.39 is 0 Å². The highest BCUT2D eigenvalue weighted by atomic mass is 32.1. The fourth-order valence-corrected chi connectivity index (χ4v) is 1.92. The number of aromatic nitrogens is 3. The normalized spacial score (nSPS) is 15.7. The molecule has 0 unspecified atom stereocenters. The highest BCUT2D eigenvalue weighted by molar-refractivity contribution is 7.80. The van der Waals surface area contributed by atoms with Crippen molar-refractivity contribution in [3.05, 3.63) is 48.2 Å². The topological polar surface area (TPSA) is 103 Å². The van der Waals surface area contributed by atoms with E-state index >= 15 is 0 Å². The fourth-order valence-electron chi connectivity index (χ4n) is 1.71. The zero-order chi connectivity index (χ0) is 13.2. The molecule has 0 spiro atoms. The van der Waals surface area contributed by atoms with Crippen LogP contribution in [0.3, 0.4) is 0 Å². The number of amides is 1. The third kappa shape index (κ3) is 2.71. The van der Waals surface area contributed by atoms with Crippen molar-refractivity contribution in [2.45, 2.75) is 0 Å². The summed E-state index contributed by atoms with van der Waals surface area (Å²) in [5.74, 6) is -0.217. The van der Waals surface area contributed by atoms with Crippen molar-refractivity contribution in [2.75, 3.05) is 0 Å². The molecule has 1 aromatic heterocycles. The Morgan fingerprint density at radius 2 is 1.95 bits per heavy atom. The van der Waals surface area contributed by atoms with Gasteiger partial charge in [-0.3, -0.25) is 10.1 Å². The van der Waals surface area contributed by atoms with Gasteiger partial charge in [-0.1, -0.05) is 12.1 Å². The number of benzene rings is 1. The molecule has 2 aromatic rings. The van der Waals surface area contributed by atoms with E-state index in [-0.39, 0.29) is 11.4 Å². The molecule has 0 saturated carbocycles. The molecular weight excluding hydrogens is 278 g/mol. The zero-order valence-electron chi connectivity index (χ0n) is 10.2. The Morgan fingerprint density at radius 3 is 2.50 bits per heavy atom. The molecule has 7 nitrogen and oxygen atoms in total. The molecule has 2 heterocycles. The monoisotopic (exact) mass is 289 g/mol. The summed E-state index contributed by atoms with van der Waals surface area (Å²) in [4.78, 5) is 15.4. The zero-order valence-corrected chi connectivity index (χ0v) is 11.0. The number of thiocarbonyl (C=S) groups is 1. The van der Waals surface area contributed by atoms with Crippen LogP contribution in [0.2, 0.25) is 0 Å². The Bertz CT molecular complexity index is 664. The highest BCUT2D eigenvalue weighted by Crippen LogP contribution is 2.12. The molecule has 1 aliphatic rings. The SMILES string of the molecule is O.O=C1NC(=S)N/C1=C/c1ccc(-n2cncn2)cc1. The second-order valence-corrected chi connectivity index (χ2v) is 4.31. The van der Waals surface area contributed by atoms with Gasteiger partial charge in [-0.15, -0.1) is 0 Å². The lowest BCUT2D eigenvalue weighted by atomic mass is 10.1. The molecule has 102 valence electrons. The Balaban J connectivity index is 0.00000147. The standard InChI is InChI=1S/C12H9N5OS.H2O/c18-11-10(15-12(19)16-11)5-8-1-3-9(4-2-8)17-7-13-6-14-17;/h1-7H,(H2,15,16,18,19);1H2/b10-5+;. The van der Waals surface area contributed by atoms with E-state index in [1.807, 2.05) is 24.3 Å². The Kier molecular flexibility index (Phi) is 3.87. The van der Waals surface area contributed by atoms with Crippen LogP contribution in [0.1, 0.15) is 5.56 Å². The summed E-state index contributed by atoms with van der Waals surface area (Å²) >= 11 is 4.86. The second kappa shape index (κ2) is 5.59. The minimum absolute atomic E-state index is 0. The van der Waals surface area contributed by atoms with Gasteiger partial charge in [0, 0.05) is 0 Å². The summed E-state index contributed by atoms with van der Waals surface area (Å²) in [5, 5.41) is 9.68. The van der Waals surface area contributed by atoms with Crippen molar-refractivity contribution in [3.8, 4) is 5.69 Å². The van der Waals surface area contributed by atoms with E-state index in [0.717, 1.165) is 11.3 Å². The molecule has 0 bridgehead atoms. The fraction of sp³-hybridized carbons (Fsp3) is 0. The summed E-state index contributed by atoms with van der Waals surface area (Å²) in [6.45, 7) is 0. The van der Waals surface area contributed by atoms with Crippen molar-refractivity contribution in [1.82, 2.24) is 25.4 Å². The van der Waals surface area contributed by atoms with E-state index in [2.05, 4.69) is 20.7 Å². The van der Waals surface area contributed by atoms with Gasteiger partial charge in [0.1, 0.15) is 18.4 Å². The molecule has 0 radical (unpaired) electrons. The van der Waals surface area contributed by atoms with Crippen LogP contribution >= 0.6 is 12.2 Å². The van der Waals surface area contributed by atoms with Crippen molar-refractivity contribution in [1.29, 1.82) is 0 Å². The van der Waals surface area contributed by atoms with Gasteiger partial charge in [0.2, 0.25) is 0 Å². The minimum Gasteiger partial charge on any atom is -0.412 e. The highest BCUT2D eigenvalue weighted by Gasteiger charge is 2.19. The van der Waals surface area contributed by atoms with Crippen LogP contribution < -0.4 is 10.6 Å². The third-order valence-corrected chi connectivity index (χ3v) is 2.81. The first-order chi connectivity index (χ1) is 9.22. The number of nitrogens with zero attached hydrogens (tertiary/aromatic N) is 3. The molecule has 1 amide bonds. The maximum Gasteiger partial charge on any atom is 0.273 e. The first kappa shape index (κ1) is 13.8. The van der Waals surface area contributed by atoms with E-state index in [1.54, 1.807) is 17.1 Å². The molecule has 0 atom stereocenters. The first-order valence-electron chi connectivity index (χ1n) is 5.51. The van der Waals surface area contributed by atoms with E-state index in [9.17, 15) is 4.79 Å². The first-order valence-corrected chi connectivity index (χ1v) is 5.92. The van der Waals surface area contributed by atoms with Crippen LogP contribution in [0.5, 0.6) is 0 Å². The lowest BCUT2D eigenvalue weighted by Crippen LogP contribution is -2.21. The van der Waals surface area contributed by atoms with Gasteiger partial charge >= 0.3 is 0 Å². The number of hydrogen-bond donors (Lipinski definition) is 2. The van der Waals surface area contributed by atoms with Crippen molar-refractivity contribution in [3.63, 3.8) is 0 Å². The van der Waals surface area contributed by atoms with E-state index in [1.165, 1.54) is 6.33 Å². The third-order valence-electron chi connectivity index (χ3n) is 2.61. The smallest absolute Gasteiger partial charge is 0.273 e. The van der Waals surface area contributed by atoms with Crippen LogP contribution in [-0.2, 0) is 4.79 Å². The lowest BCUT2D eigenvalue weighted by Gasteiger charge is -2.01. The Morgan fingerprint density at radius 1 is 1.20 bits per heavy atom. The van der Waals surface area contributed by atoms with Crippen LogP contribution in [0.25, 0.3) is 11.8 Å². The van der Waals surface area contributed by atoms with Gasteiger partial charge in [-0.2, -0.15) is 5.10 Å². The number of carbonyl (C=O) groups is 1. The van der Waals surface area contributed by atoms with Crippen LogP contribution in [-0.4, -0.2) is 31.3 Å². The largest absolute Gasteiger partial charge is 0.412 e. The molecule has 1 aliphatic heterocycles. The lowest BCUT2D eigenvalue weighted by molar-refractivity contribution is -0.115. The predicted octanol–water partition coefficient (Wildman–Crippen LogP) is -0.212. The van der Waals surface area contributed by atoms with Crippen LogP contribution in [0, 0.1) is 0 Å². The molecule has 1 aromatic carbocycles. The Labute approximate surface area is 119 Å². The molecule has 3 rings (SSSR count). The Hall–Kier alpha value is -2.58. The van der Waals surface area contributed by atoms with Crippen LogP contribution in [0.4, 0.5) is 0 Å². The van der Waals surface area contributed by atoms with Crippen molar-refractivity contribution < 1.29 is 10.3 Å². The molecular formula is C12H11N5O2S. The minimum atomic E-state index is -0.217. The summed E-state index contributed by atoms with van der Waals surface area (Å²) in [6.07, 6.45) is 4.83. The van der Waals surface area contributed by atoms with Gasteiger partial charge in [0.05, 0.1) is 5.69 Å². The number of nitrogens with one attached hydrogen (secondary N) is 2. The summed E-state index contributed by atoms with van der Waals surface area (Å²) in [6, 6.07) is 7.57. The van der Waals surface area contributed by atoms with Gasteiger partial charge in [0.15, 0.2) is 5.11 Å². The quantitative estimate of drug-likeness (QED) is 0.588. The number of hydrogen-bond acceptors (Lipinski definition) is 4. The van der Waals surface area contributed by atoms with Gasteiger partial charge < -0.3 is 10.8 Å².